The number of carbonyl (C=O) groups is 1. The Morgan fingerprint density at radius 2 is 1.74 bits per heavy atom. The van der Waals surface area contributed by atoms with Crippen LogP contribution in [0.4, 0.5) is 0 Å². The number of aryl methyl sites for hydroxylation is 2. The number of amides is 1. The second-order valence-electron chi connectivity index (χ2n) is 9.22. The van der Waals surface area contributed by atoms with Gasteiger partial charge in [-0.15, -0.1) is 0 Å². The standard InChI is InChI=1S/C24H30N2O4S/c1-26-12-11-18-14-24(30-22(18)15-26)31(28,29)25-23(27)10-4-9-21-19-7-2-5-16(19)13-17-6-3-8-20(17)21/h13-14H,2-12,15H2,1H3,(H,25,27). The molecule has 2 heterocycles. The number of hydrogen-bond donors (Lipinski definition) is 1. The summed E-state index contributed by atoms with van der Waals surface area (Å²) in [6.45, 7) is 1.45. The first-order chi connectivity index (χ1) is 14.9. The number of nitrogens with zero attached hydrogens (tertiary/aromatic N) is 1. The van der Waals surface area contributed by atoms with Crippen molar-refractivity contribution in [3.05, 3.63) is 51.3 Å². The fourth-order valence-corrected chi connectivity index (χ4v) is 6.48. The smallest absolute Gasteiger partial charge is 0.297 e. The first-order valence-corrected chi connectivity index (χ1v) is 12.9. The van der Waals surface area contributed by atoms with E-state index in [1.807, 2.05) is 7.05 Å². The molecule has 1 N–H and O–H groups in total. The summed E-state index contributed by atoms with van der Waals surface area (Å²) in [5, 5.41) is -0.153. The van der Waals surface area contributed by atoms with Gasteiger partial charge in [-0.1, -0.05) is 6.07 Å². The highest BCUT2D eigenvalue weighted by atomic mass is 32.2. The van der Waals surface area contributed by atoms with Crippen molar-refractivity contribution in [1.82, 2.24) is 9.62 Å². The van der Waals surface area contributed by atoms with Crippen LogP contribution >= 0.6 is 0 Å². The number of furan rings is 1. The molecular formula is C24H30N2O4S. The highest BCUT2D eigenvalue weighted by Crippen LogP contribution is 2.36. The van der Waals surface area contributed by atoms with E-state index < -0.39 is 15.9 Å². The minimum absolute atomic E-state index is 0.153. The third kappa shape index (κ3) is 4.05. The Labute approximate surface area is 184 Å². The van der Waals surface area contributed by atoms with E-state index in [9.17, 15) is 13.2 Å². The Morgan fingerprint density at radius 3 is 2.45 bits per heavy atom. The van der Waals surface area contributed by atoms with E-state index in [1.165, 1.54) is 40.7 Å². The average Bonchev–Trinajstić information content (AvgIpc) is 3.45. The van der Waals surface area contributed by atoms with Crippen molar-refractivity contribution in [1.29, 1.82) is 0 Å². The van der Waals surface area contributed by atoms with Crippen molar-refractivity contribution in [3.8, 4) is 0 Å². The van der Waals surface area contributed by atoms with Crippen LogP contribution in [0.1, 0.15) is 64.8 Å². The van der Waals surface area contributed by atoms with Gasteiger partial charge in [0.2, 0.25) is 11.0 Å². The molecule has 0 saturated carbocycles. The summed E-state index contributed by atoms with van der Waals surface area (Å²) in [5.41, 5.74) is 8.35. The van der Waals surface area contributed by atoms with Crippen molar-refractivity contribution in [2.75, 3.05) is 13.6 Å². The van der Waals surface area contributed by atoms with Crippen LogP contribution in [-0.2, 0) is 59.9 Å². The van der Waals surface area contributed by atoms with Gasteiger partial charge in [-0.05, 0) is 98.2 Å². The molecule has 1 aromatic carbocycles. The summed E-state index contributed by atoms with van der Waals surface area (Å²) in [7, 11) is -2.00. The van der Waals surface area contributed by atoms with Gasteiger partial charge in [-0.3, -0.25) is 9.69 Å². The molecule has 0 atom stereocenters. The summed E-state index contributed by atoms with van der Waals surface area (Å²) in [6, 6.07) is 3.97. The lowest BCUT2D eigenvalue weighted by Crippen LogP contribution is -2.30. The number of fused-ring (bicyclic) bond motifs is 3. The number of hydrogen-bond acceptors (Lipinski definition) is 5. The number of nitrogens with one attached hydrogen (secondary N) is 1. The molecule has 5 rings (SSSR count). The second-order valence-corrected chi connectivity index (χ2v) is 10.8. The Kier molecular flexibility index (Phi) is 5.42. The Morgan fingerprint density at radius 1 is 1.03 bits per heavy atom. The van der Waals surface area contributed by atoms with Crippen molar-refractivity contribution in [2.24, 2.45) is 0 Å². The largest absolute Gasteiger partial charge is 0.446 e. The van der Waals surface area contributed by atoms with E-state index in [-0.39, 0.29) is 11.5 Å². The van der Waals surface area contributed by atoms with E-state index in [0.717, 1.165) is 50.6 Å². The van der Waals surface area contributed by atoms with Gasteiger partial charge >= 0.3 is 0 Å². The number of sulfonamides is 1. The predicted molar refractivity (Wildman–Crippen MR) is 118 cm³/mol. The number of likely N-dealkylation sites (N-methyl/N-ethyl adjacent to an activating group) is 1. The van der Waals surface area contributed by atoms with Gasteiger partial charge in [0.1, 0.15) is 5.76 Å². The summed E-state index contributed by atoms with van der Waals surface area (Å²) in [4.78, 5) is 14.5. The fourth-order valence-electron chi connectivity index (χ4n) is 5.47. The van der Waals surface area contributed by atoms with Crippen LogP contribution in [0.2, 0.25) is 0 Å². The molecular weight excluding hydrogens is 412 g/mol. The van der Waals surface area contributed by atoms with Gasteiger partial charge in [-0.2, -0.15) is 8.42 Å². The highest BCUT2D eigenvalue weighted by molar-refractivity contribution is 7.89. The summed E-state index contributed by atoms with van der Waals surface area (Å²) >= 11 is 0. The van der Waals surface area contributed by atoms with Crippen LogP contribution in [0.25, 0.3) is 0 Å². The quantitative estimate of drug-likeness (QED) is 0.744. The maximum Gasteiger partial charge on any atom is 0.297 e. The minimum atomic E-state index is -3.97. The van der Waals surface area contributed by atoms with Crippen molar-refractivity contribution < 1.29 is 17.6 Å². The molecule has 2 aliphatic carbocycles. The Balaban J connectivity index is 1.22. The number of carbonyl (C=O) groups excluding carboxylic acids is 1. The maximum atomic E-state index is 12.6. The maximum absolute atomic E-state index is 12.6. The molecule has 0 bridgehead atoms. The third-order valence-corrected chi connectivity index (χ3v) is 8.22. The lowest BCUT2D eigenvalue weighted by atomic mass is 9.91. The van der Waals surface area contributed by atoms with Crippen molar-refractivity contribution in [3.63, 3.8) is 0 Å². The molecule has 1 aliphatic heterocycles. The van der Waals surface area contributed by atoms with Crippen LogP contribution < -0.4 is 4.72 Å². The summed E-state index contributed by atoms with van der Waals surface area (Å²) < 4.78 is 33.1. The van der Waals surface area contributed by atoms with Crippen molar-refractivity contribution in [2.45, 2.75) is 75.8 Å². The predicted octanol–water partition coefficient (Wildman–Crippen LogP) is 3.07. The zero-order valence-corrected chi connectivity index (χ0v) is 18.9. The first-order valence-electron chi connectivity index (χ1n) is 11.4. The lowest BCUT2D eigenvalue weighted by molar-refractivity contribution is -0.119. The van der Waals surface area contributed by atoms with Gasteiger partial charge in [-0.25, -0.2) is 4.72 Å². The Bertz CT molecular complexity index is 1100. The molecule has 1 amide bonds. The second kappa shape index (κ2) is 8.10. The van der Waals surface area contributed by atoms with Crippen LogP contribution in [0.15, 0.2) is 21.6 Å². The van der Waals surface area contributed by atoms with E-state index >= 15 is 0 Å². The molecule has 0 radical (unpaired) electrons. The number of rotatable bonds is 6. The average molecular weight is 443 g/mol. The molecule has 7 heteroatoms. The first kappa shape index (κ1) is 20.8. The minimum Gasteiger partial charge on any atom is -0.446 e. The van der Waals surface area contributed by atoms with Gasteiger partial charge in [0.15, 0.2) is 0 Å². The monoisotopic (exact) mass is 442 g/mol. The van der Waals surface area contributed by atoms with E-state index in [4.69, 9.17) is 4.42 Å². The van der Waals surface area contributed by atoms with Crippen LogP contribution in [0.3, 0.4) is 0 Å². The molecule has 166 valence electrons. The van der Waals surface area contributed by atoms with E-state index in [2.05, 4.69) is 15.7 Å². The molecule has 3 aliphatic rings. The SMILES string of the molecule is CN1CCc2cc(S(=O)(=O)NC(=O)CCCc3c4c(cc5c3CCC5)CCC4)oc2C1. The normalized spacial score (nSPS) is 18.0. The highest BCUT2D eigenvalue weighted by Gasteiger charge is 2.27. The zero-order valence-electron chi connectivity index (χ0n) is 18.1. The molecule has 0 saturated heterocycles. The lowest BCUT2D eigenvalue weighted by Gasteiger charge is -2.20. The molecule has 31 heavy (non-hydrogen) atoms. The molecule has 6 nitrogen and oxygen atoms in total. The summed E-state index contributed by atoms with van der Waals surface area (Å²) in [5.74, 6) is 0.212. The van der Waals surface area contributed by atoms with Crippen LogP contribution in [-0.4, -0.2) is 32.8 Å². The topological polar surface area (TPSA) is 79.6 Å². The third-order valence-electron chi connectivity index (χ3n) is 6.99. The van der Waals surface area contributed by atoms with Crippen LogP contribution in [0.5, 0.6) is 0 Å². The van der Waals surface area contributed by atoms with E-state index in [1.54, 1.807) is 6.07 Å². The molecule has 0 spiro atoms. The number of benzene rings is 1. The van der Waals surface area contributed by atoms with E-state index in [0.29, 0.717) is 18.7 Å². The van der Waals surface area contributed by atoms with Gasteiger partial charge in [0.25, 0.3) is 10.0 Å². The van der Waals surface area contributed by atoms with Gasteiger partial charge in [0.05, 0.1) is 6.54 Å². The van der Waals surface area contributed by atoms with Gasteiger partial charge in [0, 0.05) is 19.0 Å². The fraction of sp³-hybridized carbons (Fsp3) is 0.542. The van der Waals surface area contributed by atoms with Gasteiger partial charge < -0.3 is 4.42 Å². The Hall–Kier alpha value is -2.12. The van der Waals surface area contributed by atoms with Crippen LogP contribution in [0, 0.1) is 0 Å². The molecule has 1 aromatic heterocycles. The zero-order chi connectivity index (χ0) is 21.6. The molecule has 0 fully saturated rings. The molecule has 0 unspecified atom stereocenters. The van der Waals surface area contributed by atoms with Crippen molar-refractivity contribution >= 4 is 15.9 Å². The molecule has 2 aromatic rings. The summed E-state index contributed by atoms with van der Waals surface area (Å²) in [6.07, 6.45) is 9.48.